The molecule has 0 saturated carbocycles. The first-order valence-corrected chi connectivity index (χ1v) is 8.10. The molecule has 2 aromatic heterocycles. The molecule has 4 aromatic rings. The van der Waals surface area contributed by atoms with Crippen LogP contribution in [0.5, 0.6) is 11.5 Å². The van der Waals surface area contributed by atoms with Crippen molar-refractivity contribution in [1.29, 1.82) is 0 Å². The van der Waals surface area contributed by atoms with Crippen LogP contribution < -0.4 is 9.47 Å². The summed E-state index contributed by atoms with van der Waals surface area (Å²) in [6.45, 7) is -0.330. The molecule has 0 amide bonds. The van der Waals surface area contributed by atoms with Gasteiger partial charge in [0.15, 0.2) is 0 Å². The number of nitrogens with zero attached hydrogens (tertiary/aromatic N) is 2. The molecule has 2 heterocycles. The summed E-state index contributed by atoms with van der Waals surface area (Å²) < 4.78 is 36.5. The number of aromatic amines is 1. The highest BCUT2D eigenvalue weighted by Gasteiger charge is 2.14. The molecule has 1 N–H and O–H groups in total. The smallest absolute Gasteiger partial charge is 0.387 e. The van der Waals surface area contributed by atoms with E-state index in [2.05, 4.69) is 14.8 Å². The van der Waals surface area contributed by atoms with Gasteiger partial charge in [0.25, 0.3) is 0 Å². The zero-order valence-electron chi connectivity index (χ0n) is 14.3. The second-order valence-corrected chi connectivity index (χ2v) is 6.07. The molecule has 0 aliphatic heterocycles. The fourth-order valence-electron chi connectivity index (χ4n) is 3.25. The Labute approximate surface area is 148 Å². The number of rotatable bonds is 5. The Morgan fingerprint density at radius 1 is 1.23 bits per heavy atom. The van der Waals surface area contributed by atoms with Gasteiger partial charge >= 0.3 is 6.61 Å². The molecule has 0 spiro atoms. The minimum Gasteiger partial charge on any atom is -0.496 e. The molecule has 0 radical (unpaired) electrons. The summed E-state index contributed by atoms with van der Waals surface area (Å²) in [5.74, 6) is 0.884. The van der Waals surface area contributed by atoms with Crippen LogP contribution in [0, 0.1) is 6.92 Å². The summed E-state index contributed by atoms with van der Waals surface area (Å²) in [6, 6.07) is 8.74. The van der Waals surface area contributed by atoms with Gasteiger partial charge in [0.2, 0.25) is 0 Å². The number of benzene rings is 2. The lowest BCUT2D eigenvalue weighted by Crippen LogP contribution is -2.03. The van der Waals surface area contributed by atoms with E-state index in [1.165, 1.54) is 12.1 Å². The summed E-state index contributed by atoms with van der Waals surface area (Å²) in [5, 5.41) is 6.41. The summed E-state index contributed by atoms with van der Waals surface area (Å²) in [5.41, 5.74) is 3.76. The molecule has 2 aromatic carbocycles. The number of hydrogen-bond acceptors (Lipinski definition) is 3. The third-order valence-corrected chi connectivity index (χ3v) is 4.40. The minimum absolute atomic E-state index is 0.0960. The first-order valence-electron chi connectivity index (χ1n) is 8.10. The number of alkyl halides is 2. The number of aryl methyl sites for hydroxylation is 1. The van der Waals surface area contributed by atoms with E-state index in [4.69, 9.17) is 4.74 Å². The number of halogens is 2. The van der Waals surface area contributed by atoms with E-state index in [9.17, 15) is 8.78 Å². The molecule has 0 aliphatic rings. The van der Waals surface area contributed by atoms with Crippen LogP contribution in [0.3, 0.4) is 0 Å². The van der Waals surface area contributed by atoms with Gasteiger partial charge in [0.1, 0.15) is 11.5 Å². The average molecular weight is 357 g/mol. The summed E-state index contributed by atoms with van der Waals surface area (Å²) in [4.78, 5) is 3.24. The Morgan fingerprint density at radius 2 is 2.08 bits per heavy atom. The molecule has 0 bridgehead atoms. The molecule has 0 atom stereocenters. The van der Waals surface area contributed by atoms with E-state index >= 15 is 0 Å². The minimum atomic E-state index is -2.85. The zero-order valence-corrected chi connectivity index (χ0v) is 14.3. The van der Waals surface area contributed by atoms with Crippen molar-refractivity contribution in [3.63, 3.8) is 0 Å². The molecular weight excluding hydrogens is 340 g/mol. The van der Waals surface area contributed by atoms with Gasteiger partial charge in [-0.1, -0.05) is 0 Å². The van der Waals surface area contributed by atoms with Crippen LogP contribution in [0.2, 0.25) is 0 Å². The van der Waals surface area contributed by atoms with Crippen molar-refractivity contribution in [1.82, 2.24) is 14.8 Å². The van der Waals surface area contributed by atoms with E-state index in [0.29, 0.717) is 12.1 Å². The highest BCUT2D eigenvalue weighted by molar-refractivity contribution is 5.88. The molecule has 4 rings (SSSR count). The number of H-pyrrole nitrogens is 1. The van der Waals surface area contributed by atoms with Gasteiger partial charge < -0.3 is 14.5 Å². The van der Waals surface area contributed by atoms with Crippen molar-refractivity contribution < 1.29 is 18.3 Å². The SMILES string of the molecule is COc1cc(C)c2[nH]ccc2c1Cn1cc2ccc(OC(F)F)cc2n1. The van der Waals surface area contributed by atoms with E-state index in [1.807, 2.05) is 31.5 Å². The van der Waals surface area contributed by atoms with Crippen molar-refractivity contribution in [2.75, 3.05) is 7.11 Å². The van der Waals surface area contributed by atoms with Crippen LogP contribution in [0.1, 0.15) is 11.1 Å². The number of fused-ring (bicyclic) bond motifs is 2. The number of ether oxygens (including phenoxy) is 2. The zero-order chi connectivity index (χ0) is 18.3. The lowest BCUT2D eigenvalue weighted by Gasteiger charge is -2.12. The van der Waals surface area contributed by atoms with Crippen LogP contribution >= 0.6 is 0 Å². The van der Waals surface area contributed by atoms with Gasteiger partial charge in [-0.25, -0.2) is 0 Å². The molecular formula is C19H17F2N3O2. The normalized spacial score (nSPS) is 11.6. The fourth-order valence-corrected chi connectivity index (χ4v) is 3.25. The highest BCUT2D eigenvalue weighted by atomic mass is 19.3. The quantitative estimate of drug-likeness (QED) is 0.573. The summed E-state index contributed by atoms with van der Waals surface area (Å²) in [7, 11) is 1.64. The van der Waals surface area contributed by atoms with Crippen LogP contribution in [0.25, 0.3) is 21.8 Å². The third-order valence-electron chi connectivity index (χ3n) is 4.40. The molecule has 0 aliphatic carbocycles. The lowest BCUT2D eigenvalue weighted by atomic mass is 10.0. The van der Waals surface area contributed by atoms with Crippen molar-refractivity contribution >= 4 is 21.8 Å². The third kappa shape index (κ3) is 2.85. The van der Waals surface area contributed by atoms with E-state index in [1.54, 1.807) is 17.9 Å². The van der Waals surface area contributed by atoms with Crippen molar-refractivity contribution in [2.45, 2.75) is 20.1 Å². The molecule has 0 saturated heterocycles. The van der Waals surface area contributed by atoms with Crippen LogP contribution in [0.4, 0.5) is 8.78 Å². The maximum Gasteiger partial charge on any atom is 0.387 e. The van der Waals surface area contributed by atoms with Gasteiger partial charge in [0, 0.05) is 40.3 Å². The van der Waals surface area contributed by atoms with E-state index < -0.39 is 6.61 Å². The second kappa shape index (κ2) is 6.33. The molecule has 5 nitrogen and oxygen atoms in total. The predicted octanol–water partition coefficient (Wildman–Crippen LogP) is 4.48. The Morgan fingerprint density at radius 3 is 2.85 bits per heavy atom. The van der Waals surface area contributed by atoms with Crippen LogP contribution in [-0.2, 0) is 6.54 Å². The summed E-state index contributed by atoms with van der Waals surface area (Å²) in [6.07, 6.45) is 3.77. The Balaban J connectivity index is 1.74. The molecule has 26 heavy (non-hydrogen) atoms. The summed E-state index contributed by atoms with van der Waals surface area (Å²) >= 11 is 0. The number of hydrogen-bond donors (Lipinski definition) is 1. The largest absolute Gasteiger partial charge is 0.496 e. The Bertz CT molecular complexity index is 1090. The Hall–Kier alpha value is -3.09. The van der Waals surface area contributed by atoms with Gasteiger partial charge in [-0.05, 0) is 36.8 Å². The Kier molecular flexibility index (Phi) is 3.99. The van der Waals surface area contributed by atoms with Crippen molar-refractivity contribution in [2.24, 2.45) is 0 Å². The van der Waals surface area contributed by atoms with Gasteiger partial charge in [-0.2, -0.15) is 13.9 Å². The van der Waals surface area contributed by atoms with Crippen LogP contribution in [-0.4, -0.2) is 28.5 Å². The first-order chi connectivity index (χ1) is 12.5. The standard InChI is InChI=1S/C19H17F2N3O2/c1-11-7-17(25-2)15(14-5-6-22-18(11)14)10-24-9-12-3-4-13(26-19(20)21)8-16(12)23-24/h3-9,19,22H,10H2,1-2H3. The number of methoxy groups -OCH3 is 1. The number of aromatic nitrogens is 3. The predicted molar refractivity (Wildman–Crippen MR) is 95.1 cm³/mol. The second-order valence-electron chi connectivity index (χ2n) is 6.07. The monoisotopic (exact) mass is 357 g/mol. The van der Waals surface area contributed by atoms with Crippen molar-refractivity contribution in [3.05, 3.63) is 53.9 Å². The van der Waals surface area contributed by atoms with Gasteiger partial charge in [-0.15, -0.1) is 0 Å². The van der Waals surface area contributed by atoms with Gasteiger partial charge in [0.05, 0.1) is 19.2 Å². The maximum absolute atomic E-state index is 12.4. The highest BCUT2D eigenvalue weighted by Crippen LogP contribution is 2.31. The molecule has 134 valence electrons. The molecule has 0 unspecified atom stereocenters. The topological polar surface area (TPSA) is 52.1 Å². The molecule has 7 heteroatoms. The van der Waals surface area contributed by atoms with E-state index in [0.717, 1.165) is 33.2 Å². The van der Waals surface area contributed by atoms with Crippen molar-refractivity contribution in [3.8, 4) is 11.5 Å². The van der Waals surface area contributed by atoms with E-state index in [-0.39, 0.29) is 5.75 Å². The number of nitrogens with one attached hydrogen (secondary N) is 1. The average Bonchev–Trinajstić information content (AvgIpc) is 3.23. The molecule has 0 fully saturated rings. The van der Waals surface area contributed by atoms with Gasteiger partial charge in [-0.3, -0.25) is 4.68 Å². The lowest BCUT2D eigenvalue weighted by molar-refractivity contribution is -0.0497. The fraction of sp³-hybridized carbons (Fsp3) is 0.211. The maximum atomic E-state index is 12.4. The first kappa shape index (κ1) is 16.4. The van der Waals surface area contributed by atoms with Crippen LogP contribution in [0.15, 0.2) is 42.7 Å².